The summed E-state index contributed by atoms with van der Waals surface area (Å²) in [5.41, 5.74) is 3.81. The van der Waals surface area contributed by atoms with Crippen molar-refractivity contribution in [3.05, 3.63) is 65.1 Å². The zero-order valence-electron chi connectivity index (χ0n) is 16.4. The van der Waals surface area contributed by atoms with Gasteiger partial charge in [0.1, 0.15) is 6.54 Å². The molecule has 0 unspecified atom stereocenters. The Morgan fingerprint density at radius 2 is 1.86 bits per heavy atom. The van der Waals surface area contributed by atoms with Gasteiger partial charge in [-0.15, -0.1) is 11.8 Å². The van der Waals surface area contributed by atoms with Crippen molar-refractivity contribution in [2.45, 2.75) is 20.3 Å². The lowest BCUT2D eigenvalue weighted by molar-refractivity contribution is -0.129. The zero-order valence-corrected chi connectivity index (χ0v) is 17.2. The minimum atomic E-state index is -0.290. The number of anilines is 2. The Kier molecular flexibility index (Phi) is 6.72. The molecular weight excluding hydrogens is 386 g/mol. The van der Waals surface area contributed by atoms with Crippen molar-refractivity contribution in [2.24, 2.45) is 0 Å². The van der Waals surface area contributed by atoms with E-state index in [0.29, 0.717) is 17.1 Å². The van der Waals surface area contributed by atoms with Gasteiger partial charge < -0.3 is 15.5 Å². The fourth-order valence-corrected chi connectivity index (χ4v) is 3.89. The number of amides is 3. The van der Waals surface area contributed by atoms with Gasteiger partial charge in [-0.3, -0.25) is 14.4 Å². The van der Waals surface area contributed by atoms with Crippen LogP contribution in [0, 0.1) is 0 Å². The minimum absolute atomic E-state index is 0.0758. The van der Waals surface area contributed by atoms with Crippen molar-refractivity contribution >= 4 is 46.6 Å². The van der Waals surface area contributed by atoms with Gasteiger partial charge in [0.25, 0.3) is 0 Å². The van der Waals surface area contributed by atoms with Crippen molar-refractivity contribution in [1.82, 2.24) is 4.90 Å². The highest BCUT2D eigenvalue weighted by molar-refractivity contribution is 8.03. The number of benzene rings is 2. The molecule has 1 heterocycles. The standard InChI is InChI=1S/C22H23N3O3S/c1-3-16-9-10-18(23-15(2)26)11-19(16)24-21(27)12-25-20(13-29-14-22(25)28)17-7-5-4-6-8-17/h4-11,13H,3,12,14H2,1-2H3,(H,23,26)(H,24,27). The van der Waals surface area contributed by atoms with E-state index in [0.717, 1.165) is 23.2 Å². The number of rotatable bonds is 6. The second-order valence-electron chi connectivity index (χ2n) is 6.61. The van der Waals surface area contributed by atoms with Crippen LogP contribution in [-0.4, -0.2) is 34.9 Å². The minimum Gasteiger partial charge on any atom is -0.326 e. The second kappa shape index (κ2) is 9.43. The summed E-state index contributed by atoms with van der Waals surface area (Å²) in [5, 5.41) is 7.53. The monoisotopic (exact) mass is 409 g/mol. The molecule has 7 heteroatoms. The topological polar surface area (TPSA) is 78.5 Å². The van der Waals surface area contributed by atoms with Crippen LogP contribution in [0.4, 0.5) is 11.4 Å². The number of hydrogen-bond donors (Lipinski definition) is 2. The molecule has 1 aliphatic heterocycles. The number of thioether (sulfide) groups is 1. The number of hydrogen-bond acceptors (Lipinski definition) is 4. The molecule has 0 saturated heterocycles. The summed E-state index contributed by atoms with van der Waals surface area (Å²) in [7, 11) is 0. The molecule has 0 saturated carbocycles. The first-order chi connectivity index (χ1) is 14.0. The fraction of sp³-hybridized carbons (Fsp3) is 0.227. The molecule has 0 atom stereocenters. The van der Waals surface area contributed by atoms with E-state index in [1.54, 1.807) is 12.1 Å². The molecule has 3 rings (SSSR count). The number of carbonyl (C=O) groups is 3. The van der Waals surface area contributed by atoms with Crippen LogP contribution < -0.4 is 10.6 Å². The molecule has 0 bridgehead atoms. The molecule has 2 aromatic rings. The Morgan fingerprint density at radius 3 is 2.55 bits per heavy atom. The van der Waals surface area contributed by atoms with Crippen LogP contribution in [0.3, 0.4) is 0 Å². The van der Waals surface area contributed by atoms with Crippen LogP contribution in [0.25, 0.3) is 5.70 Å². The van der Waals surface area contributed by atoms with Crippen molar-refractivity contribution in [3.63, 3.8) is 0 Å². The lowest BCUT2D eigenvalue weighted by atomic mass is 10.1. The summed E-state index contributed by atoms with van der Waals surface area (Å²) in [6, 6.07) is 15.0. The highest BCUT2D eigenvalue weighted by Gasteiger charge is 2.25. The van der Waals surface area contributed by atoms with E-state index in [1.807, 2.05) is 48.7 Å². The molecular formula is C22H23N3O3S. The average Bonchev–Trinajstić information content (AvgIpc) is 2.70. The van der Waals surface area contributed by atoms with E-state index in [2.05, 4.69) is 10.6 Å². The molecule has 1 aliphatic rings. The molecule has 0 fully saturated rings. The van der Waals surface area contributed by atoms with Gasteiger partial charge in [-0.2, -0.15) is 0 Å². The summed E-state index contributed by atoms with van der Waals surface area (Å²) in [4.78, 5) is 38.1. The Labute approximate surface area is 174 Å². The molecule has 0 spiro atoms. The zero-order chi connectivity index (χ0) is 20.8. The quantitative estimate of drug-likeness (QED) is 0.762. The Morgan fingerprint density at radius 1 is 1.10 bits per heavy atom. The van der Waals surface area contributed by atoms with Gasteiger partial charge in [0.05, 0.1) is 11.4 Å². The van der Waals surface area contributed by atoms with Gasteiger partial charge >= 0.3 is 0 Å². The van der Waals surface area contributed by atoms with Gasteiger partial charge in [-0.05, 0) is 35.1 Å². The fourth-order valence-electron chi connectivity index (χ4n) is 3.09. The van der Waals surface area contributed by atoms with Crippen molar-refractivity contribution in [2.75, 3.05) is 22.9 Å². The third-order valence-electron chi connectivity index (χ3n) is 4.45. The predicted octanol–water partition coefficient (Wildman–Crippen LogP) is 3.72. The van der Waals surface area contributed by atoms with Gasteiger partial charge in [-0.1, -0.05) is 43.3 Å². The normalized spacial score (nSPS) is 13.7. The maximum Gasteiger partial charge on any atom is 0.244 e. The van der Waals surface area contributed by atoms with Gasteiger partial charge in [-0.25, -0.2) is 0 Å². The smallest absolute Gasteiger partial charge is 0.244 e. The summed E-state index contributed by atoms with van der Waals surface area (Å²) in [6.45, 7) is 3.35. The first kappa shape index (κ1) is 20.7. The molecule has 0 radical (unpaired) electrons. The second-order valence-corrected chi connectivity index (χ2v) is 7.47. The molecule has 2 N–H and O–H groups in total. The van der Waals surface area contributed by atoms with E-state index in [1.165, 1.54) is 23.6 Å². The maximum atomic E-state index is 12.8. The average molecular weight is 410 g/mol. The SMILES string of the molecule is CCc1ccc(NC(C)=O)cc1NC(=O)CN1C(=O)CSC=C1c1ccccc1. The molecule has 6 nitrogen and oxygen atoms in total. The highest BCUT2D eigenvalue weighted by Crippen LogP contribution is 2.28. The first-order valence-electron chi connectivity index (χ1n) is 9.36. The van der Waals surface area contributed by atoms with E-state index in [-0.39, 0.29) is 24.3 Å². The maximum absolute atomic E-state index is 12.8. The summed E-state index contributed by atoms with van der Waals surface area (Å²) in [5.74, 6) is -0.265. The summed E-state index contributed by atoms with van der Waals surface area (Å²) in [6.07, 6.45) is 0.727. The largest absolute Gasteiger partial charge is 0.326 e. The molecule has 3 amide bonds. The van der Waals surface area contributed by atoms with Crippen LogP contribution in [0.5, 0.6) is 0 Å². The summed E-state index contributed by atoms with van der Waals surface area (Å²) >= 11 is 1.43. The van der Waals surface area contributed by atoms with Crippen molar-refractivity contribution in [1.29, 1.82) is 0 Å². The Bertz CT molecular complexity index is 957. The van der Waals surface area contributed by atoms with Crippen LogP contribution in [0.2, 0.25) is 0 Å². The van der Waals surface area contributed by atoms with Crippen LogP contribution >= 0.6 is 11.8 Å². The summed E-state index contributed by atoms with van der Waals surface area (Å²) < 4.78 is 0. The molecule has 29 heavy (non-hydrogen) atoms. The molecule has 0 aromatic heterocycles. The first-order valence-corrected chi connectivity index (χ1v) is 10.4. The van der Waals surface area contributed by atoms with Gasteiger partial charge in [0, 0.05) is 18.3 Å². The van der Waals surface area contributed by atoms with Crippen molar-refractivity contribution in [3.8, 4) is 0 Å². The molecule has 0 aliphatic carbocycles. The molecule has 2 aromatic carbocycles. The van der Waals surface area contributed by atoms with E-state index in [9.17, 15) is 14.4 Å². The molecule has 150 valence electrons. The third kappa shape index (κ3) is 5.26. The number of aryl methyl sites for hydroxylation is 1. The van der Waals surface area contributed by atoms with Gasteiger partial charge in [0.2, 0.25) is 17.7 Å². The van der Waals surface area contributed by atoms with E-state index < -0.39 is 0 Å². The van der Waals surface area contributed by atoms with E-state index >= 15 is 0 Å². The number of carbonyl (C=O) groups excluding carboxylic acids is 3. The van der Waals surface area contributed by atoms with Crippen LogP contribution in [0.15, 0.2) is 53.9 Å². The number of nitrogens with zero attached hydrogens (tertiary/aromatic N) is 1. The van der Waals surface area contributed by atoms with E-state index in [4.69, 9.17) is 0 Å². The van der Waals surface area contributed by atoms with Crippen molar-refractivity contribution < 1.29 is 14.4 Å². The third-order valence-corrected chi connectivity index (χ3v) is 5.25. The predicted molar refractivity (Wildman–Crippen MR) is 117 cm³/mol. The lowest BCUT2D eigenvalue weighted by Gasteiger charge is -2.28. The lowest BCUT2D eigenvalue weighted by Crippen LogP contribution is -2.39. The highest BCUT2D eigenvalue weighted by atomic mass is 32.2. The number of nitrogens with one attached hydrogen (secondary N) is 2. The van der Waals surface area contributed by atoms with Crippen LogP contribution in [-0.2, 0) is 20.8 Å². The van der Waals surface area contributed by atoms with Gasteiger partial charge in [0.15, 0.2) is 0 Å². The van der Waals surface area contributed by atoms with Crippen LogP contribution in [0.1, 0.15) is 25.0 Å². The Balaban J connectivity index is 1.79. The Hall–Kier alpha value is -3.06.